The molecular formula is C14H22N4O. The molecule has 104 valence electrons. The molecule has 0 spiro atoms. The van der Waals surface area contributed by atoms with Gasteiger partial charge >= 0.3 is 0 Å². The molecule has 0 bridgehead atoms. The van der Waals surface area contributed by atoms with Gasteiger partial charge in [0.1, 0.15) is 11.2 Å². The van der Waals surface area contributed by atoms with Crippen molar-refractivity contribution in [2.45, 2.75) is 52.4 Å². The van der Waals surface area contributed by atoms with Crippen molar-refractivity contribution in [2.75, 3.05) is 0 Å². The molecule has 5 heteroatoms. The lowest BCUT2D eigenvalue weighted by Crippen LogP contribution is -2.30. The second-order valence-corrected chi connectivity index (χ2v) is 7.10. The van der Waals surface area contributed by atoms with E-state index in [1.54, 1.807) is 11.6 Å². The van der Waals surface area contributed by atoms with E-state index in [1.807, 2.05) is 41.5 Å². The number of nitrogens with one attached hydrogen (secondary N) is 1. The van der Waals surface area contributed by atoms with E-state index in [2.05, 4.69) is 15.2 Å². The molecule has 2 rings (SSSR count). The van der Waals surface area contributed by atoms with Crippen molar-refractivity contribution in [2.24, 2.45) is 7.05 Å². The first kappa shape index (κ1) is 13.8. The number of H-pyrrole nitrogens is 1. The zero-order valence-electron chi connectivity index (χ0n) is 12.7. The second-order valence-electron chi connectivity index (χ2n) is 7.10. The molecule has 0 saturated carbocycles. The van der Waals surface area contributed by atoms with Crippen LogP contribution in [0.2, 0.25) is 0 Å². The fourth-order valence-electron chi connectivity index (χ4n) is 2.27. The molecule has 1 N–H and O–H groups in total. The highest BCUT2D eigenvalue weighted by Crippen LogP contribution is 2.26. The molecule has 0 amide bonds. The Hall–Kier alpha value is -1.65. The summed E-state index contributed by atoms with van der Waals surface area (Å²) >= 11 is 0. The standard InChI is InChI=1S/C14H22N4O/c1-13(2,3)9-8-10(17-16-9)15-12(14(4,5)6)18(7)11(8)19/h1-7H3,(H,16,17). The van der Waals surface area contributed by atoms with Gasteiger partial charge in [0.25, 0.3) is 5.56 Å². The lowest BCUT2D eigenvalue weighted by molar-refractivity contribution is 0.509. The monoisotopic (exact) mass is 262 g/mol. The van der Waals surface area contributed by atoms with Gasteiger partial charge in [-0.15, -0.1) is 0 Å². The van der Waals surface area contributed by atoms with E-state index in [4.69, 9.17) is 0 Å². The Morgan fingerprint density at radius 1 is 1.05 bits per heavy atom. The molecule has 5 nitrogen and oxygen atoms in total. The molecule has 0 unspecified atom stereocenters. The molecule has 0 aliphatic rings. The molecule has 2 aromatic heterocycles. The average molecular weight is 262 g/mol. The number of rotatable bonds is 0. The van der Waals surface area contributed by atoms with Gasteiger partial charge in [-0.05, 0) is 0 Å². The fraction of sp³-hybridized carbons (Fsp3) is 0.643. The van der Waals surface area contributed by atoms with Crippen LogP contribution in [0.5, 0.6) is 0 Å². The zero-order valence-corrected chi connectivity index (χ0v) is 12.7. The first-order valence-electron chi connectivity index (χ1n) is 6.49. The molecule has 0 aromatic carbocycles. The van der Waals surface area contributed by atoms with E-state index in [-0.39, 0.29) is 16.4 Å². The summed E-state index contributed by atoms with van der Waals surface area (Å²) in [7, 11) is 1.77. The Balaban J connectivity index is 2.88. The molecule has 0 aliphatic heterocycles. The summed E-state index contributed by atoms with van der Waals surface area (Å²) in [4.78, 5) is 17.2. The molecule has 0 saturated heterocycles. The summed E-state index contributed by atoms with van der Waals surface area (Å²) in [6.07, 6.45) is 0. The third-order valence-electron chi connectivity index (χ3n) is 3.18. The van der Waals surface area contributed by atoms with Gasteiger partial charge in [-0.2, -0.15) is 5.10 Å². The highest BCUT2D eigenvalue weighted by Gasteiger charge is 2.27. The van der Waals surface area contributed by atoms with Gasteiger partial charge in [0, 0.05) is 17.9 Å². The second kappa shape index (κ2) is 3.92. The van der Waals surface area contributed by atoms with Crippen molar-refractivity contribution in [1.82, 2.24) is 19.7 Å². The lowest BCUT2D eigenvalue weighted by Gasteiger charge is -2.21. The maximum atomic E-state index is 12.6. The third kappa shape index (κ3) is 2.17. The van der Waals surface area contributed by atoms with Gasteiger partial charge in [0.05, 0.1) is 5.69 Å². The third-order valence-corrected chi connectivity index (χ3v) is 3.18. The molecule has 0 atom stereocenters. The Morgan fingerprint density at radius 2 is 1.63 bits per heavy atom. The summed E-state index contributed by atoms with van der Waals surface area (Å²) in [5, 5.41) is 7.79. The van der Waals surface area contributed by atoms with Crippen LogP contribution in [0, 0.1) is 0 Å². The molecule has 0 radical (unpaired) electrons. The number of nitrogens with zero attached hydrogens (tertiary/aromatic N) is 3. The van der Waals surface area contributed by atoms with E-state index in [0.717, 1.165) is 11.5 Å². The topological polar surface area (TPSA) is 63.6 Å². The number of aromatic nitrogens is 4. The minimum absolute atomic E-state index is 0.0337. The summed E-state index contributed by atoms with van der Waals surface area (Å²) in [6.45, 7) is 12.3. The highest BCUT2D eigenvalue weighted by molar-refractivity contribution is 5.77. The Morgan fingerprint density at radius 3 is 2.11 bits per heavy atom. The van der Waals surface area contributed by atoms with E-state index < -0.39 is 0 Å². The zero-order chi connectivity index (χ0) is 14.6. The molecule has 19 heavy (non-hydrogen) atoms. The van der Waals surface area contributed by atoms with Gasteiger partial charge in [0.2, 0.25) is 0 Å². The van der Waals surface area contributed by atoms with Crippen LogP contribution in [0.1, 0.15) is 53.1 Å². The minimum atomic E-state index is -0.185. The van der Waals surface area contributed by atoms with E-state index in [0.29, 0.717) is 11.0 Å². The minimum Gasteiger partial charge on any atom is -0.299 e. The molecular weight excluding hydrogens is 240 g/mol. The Bertz CT molecular complexity index is 680. The van der Waals surface area contributed by atoms with Gasteiger partial charge in [-0.3, -0.25) is 14.5 Å². The van der Waals surface area contributed by atoms with Crippen LogP contribution in [0.25, 0.3) is 11.0 Å². The molecule has 0 fully saturated rings. The van der Waals surface area contributed by atoms with Crippen molar-refractivity contribution in [3.05, 3.63) is 21.9 Å². The normalized spacial score (nSPS) is 13.2. The van der Waals surface area contributed by atoms with Gasteiger partial charge in [0.15, 0.2) is 5.65 Å². The first-order chi connectivity index (χ1) is 8.53. The van der Waals surface area contributed by atoms with E-state index >= 15 is 0 Å². The summed E-state index contributed by atoms with van der Waals surface area (Å²) in [6, 6.07) is 0. The van der Waals surface area contributed by atoms with Crippen LogP contribution in [0.4, 0.5) is 0 Å². The number of hydrogen-bond donors (Lipinski definition) is 1. The van der Waals surface area contributed by atoms with Crippen LogP contribution < -0.4 is 5.56 Å². The Labute approximate surface area is 113 Å². The molecule has 0 aliphatic carbocycles. The van der Waals surface area contributed by atoms with Crippen LogP contribution in [0.15, 0.2) is 4.79 Å². The van der Waals surface area contributed by atoms with Crippen molar-refractivity contribution in [1.29, 1.82) is 0 Å². The summed E-state index contributed by atoms with van der Waals surface area (Å²) < 4.78 is 1.63. The largest absolute Gasteiger partial charge is 0.299 e. The smallest absolute Gasteiger partial charge is 0.264 e. The van der Waals surface area contributed by atoms with E-state index in [1.165, 1.54) is 0 Å². The summed E-state index contributed by atoms with van der Waals surface area (Å²) in [5.74, 6) is 0.758. The highest BCUT2D eigenvalue weighted by atomic mass is 16.1. The maximum absolute atomic E-state index is 12.6. The fourth-order valence-corrected chi connectivity index (χ4v) is 2.27. The number of fused-ring (bicyclic) bond motifs is 1. The van der Waals surface area contributed by atoms with Crippen LogP contribution in [-0.4, -0.2) is 19.7 Å². The Kier molecular flexibility index (Phi) is 2.84. The first-order valence-corrected chi connectivity index (χ1v) is 6.49. The van der Waals surface area contributed by atoms with Gasteiger partial charge in [-0.25, -0.2) is 4.98 Å². The van der Waals surface area contributed by atoms with Gasteiger partial charge < -0.3 is 0 Å². The van der Waals surface area contributed by atoms with Crippen LogP contribution in [0.3, 0.4) is 0 Å². The lowest BCUT2D eigenvalue weighted by atomic mass is 9.90. The van der Waals surface area contributed by atoms with Crippen LogP contribution >= 0.6 is 0 Å². The van der Waals surface area contributed by atoms with E-state index in [9.17, 15) is 4.79 Å². The SMILES string of the molecule is Cn1c(C(C)(C)C)nc2[nH]nc(C(C)(C)C)c2c1=O. The maximum Gasteiger partial charge on any atom is 0.264 e. The quantitative estimate of drug-likeness (QED) is 0.792. The molecule has 2 heterocycles. The van der Waals surface area contributed by atoms with Crippen LogP contribution in [-0.2, 0) is 17.9 Å². The predicted molar refractivity (Wildman–Crippen MR) is 76.5 cm³/mol. The number of aromatic amines is 1. The number of hydrogen-bond acceptors (Lipinski definition) is 3. The predicted octanol–water partition coefficient (Wildman–Crippen LogP) is 2.25. The van der Waals surface area contributed by atoms with Crippen molar-refractivity contribution >= 4 is 11.0 Å². The van der Waals surface area contributed by atoms with Gasteiger partial charge in [-0.1, -0.05) is 41.5 Å². The average Bonchev–Trinajstić information content (AvgIpc) is 2.64. The van der Waals surface area contributed by atoms with Crippen molar-refractivity contribution in [3.8, 4) is 0 Å². The molecule has 2 aromatic rings. The van der Waals surface area contributed by atoms with Crippen molar-refractivity contribution in [3.63, 3.8) is 0 Å². The van der Waals surface area contributed by atoms with Crippen molar-refractivity contribution < 1.29 is 0 Å². The summed E-state index contributed by atoms with van der Waals surface area (Å²) in [5.41, 5.74) is 0.951.